The molecule has 0 bridgehead atoms. The van der Waals surface area contributed by atoms with Crippen molar-refractivity contribution in [3.63, 3.8) is 0 Å². The number of fused-ring (bicyclic) bond motifs is 1. The number of ether oxygens (including phenoxy) is 2. The Labute approximate surface area is 201 Å². The van der Waals surface area contributed by atoms with Gasteiger partial charge in [0.1, 0.15) is 12.3 Å². The standard InChI is InChI=1S/C24H23ClN2O5S/c1-2-31-22(11-12-28)32-24(33)20(27-23(30)15-7-9-17(25)10-8-15)13-16-14-21(29)26-19-6-4-3-5-18(16)19/h3-10,12,14,20,22H,2,11,13H2,1H3,(H,26,29)(H,27,30)/t20-,22?/m0/s1. The van der Waals surface area contributed by atoms with Gasteiger partial charge in [0.05, 0.1) is 6.42 Å². The third kappa shape index (κ3) is 6.71. The molecule has 33 heavy (non-hydrogen) atoms. The number of hydrogen-bond donors (Lipinski definition) is 2. The molecule has 9 heteroatoms. The van der Waals surface area contributed by atoms with E-state index < -0.39 is 12.3 Å². The van der Waals surface area contributed by atoms with E-state index in [1.54, 1.807) is 37.3 Å². The molecule has 0 aliphatic rings. The first kappa shape index (κ1) is 24.6. The van der Waals surface area contributed by atoms with Crippen LogP contribution in [0.2, 0.25) is 5.02 Å². The number of halogens is 1. The highest BCUT2D eigenvalue weighted by Gasteiger charge is 2.24. The molecule has 1 heterocycles. The molecule has 0 saturated carbocycles. The van der Waals surface area contributed by atoms with Gasteiger partial charge >= 0.3 is 0 Å². The van der Waals surface area contributed by atoms with Crippen molar-refractivity contribution in [3.05, 3.63) is 81.1 Å². The van der Waals surface area contributed by atoms with Crippen molar-refractivity contribution in [1.29, 1.82) is 0 Å². The summed E-state index contributed by atoms with van der Waals surface area (Å²) < 4.78 is 11.1. The van der Waals surface area contributed by atoms with Gasteiger partial charge < -0.3 is 24.6 Å². The zero-order valence-corrected chi connectivity index (χ0v) is 19.4. The van der Waals surface area contributed by atoms with Crippen LogP contribution in [0.5, 0.6) is 0 Å². The van der Waals surface area contributed by atoms with Crippen LogP contribution >= 0.6 is 23.8 Å². The summed E-state index contributed by atoms with van der Waals surface area (Å²) in [5.74, 6) is -0.389. The Bertz CT molecular complexity index is 1200. The predicted molar refractivity (Wildman–Crippen MR) is 131 cm³/mol. The maximum atomic E-state index is 12.9. The minimum atomic E-state index is -0.870. The highest BCUT2D eigenvalue weighted by atomic mass is 35.5. The quantitative estimate of drug-likeness (QED) is 0.257. The van der Waals surface area contributed by atoms with Crippen LogP contribution in [0, 0.1) is 0 Å². The van der Waals surface area contributed by atoms with Crippen molar-refractivity contribution < 1.29 is 19.1 Å². The fourth-order valence-electron chi connectivity index (χ4n) is 3.33. The Morgan fingerprint density at radius 3 is 2.64 bits per heavy atom. The van der Waals surface area contributed by atoms with E-state index >= 15 is 0 Å². The summed E-state index contributed by atoms with van der Waals surface area (Å²) >= 11 is 11.4. The number of H-pyrrole nitrogens is 1. The van der Waals surface area contributed by atoms with Gasteiger partial charge in [0.25, 0.3) is 5.91 Å². The first-order valence-electron chi connectivity index (χ1n) is 10.3. The number of para-hydroxylation sites is 1. The number of aromatic nitrogens is 1. The number of pyridine rings is 1. The van der Waals surface area contributed by atoms with Gasteiger partial charge in [0.2, 0.25) is 11.8 Å². The average molecular weight is 487 g/mol. The summed E-state index contributed by atoms with van der Waals surface area (Å²) in [5, 5.41) is 4.24. The molecular formula is C24H23ClN2O5S. The van der Waals surface area contributed by atoms with E-state index in [-0.39, 0.29) is 29.4 Å². The number of benzene rings is 2. The van der Waals surface area contributed by atoms with Crippen molar-refractivity contribution in [2.45, 2.75) is 32.1 Å². The van der Waals surface area contributed by atoms with Gasteiger partial charge in [-0.05, 0) is 55.0 Å². The second kappa shape index (κ2) is 11.7. The van der Waals surface area contributed by atoms with E-state index in [0.717, 1.165) is 5.39 Å². The van der Waals surface area contributed by atoms with Crippen LogP contribution in [0.3, 0.4) is 0 Å². The van der Waals surface area contributed by atoms with Crippen molar-refractivity contribution in [3.8, 4) is 0 Å². The number of thiocarbonyl (C=S) groups is 1. The molecule has 172 valence electrons. The molecule has 3 rings (SSSR count). The number of aldehydes is 1. The Balaban J connectivity index is 1.91. The first-order chi connectivity index (χ1) is 15.9. The maximum absolute atomic E-state index is 12.9. The smallest absolute Gasteiger partial charge is 0.251 e. The minimum absolute atomic E-state index is 0.0141. The zero-order valence-electron chi connectivity index (χ0n) is 17.9. The third-order valence-electron chi connectivity index (χ3n) is 4.85. The van der Waals surface area contributed by atoms with Gasteiger partial charge in [0, 0.05) is 40.6 Å². The summed E-state index contributed by atoms with van der Waals surface area (Å²) in [7, 11) is 0. The monoisotopic (exact) mass is 486 g/mol. The molecule has 0 fully saturated rings. The molecule has 1 amide bonds. The zero-order chi connectivity index (χ0) is 23.8. The predicted octanol–water partition coefficient (Wildman–Crippen LogP) is 3.82. The number of hydrogen-bond acceptors (Lipinski definition) is 6. The van der Waals surface area contributed by atoms with Crippen LogP contribution in [-0.4, -0.2) is 41.2 Å². The normalized spacial score (nSPS) is 12.7. The summed E-state index contributed by atoms with van der Waals surface area (Å²) in [6.07, 6.45) is -0.0117. The number of carbonyl (C=O) groups is 2. The molecule has 2 aromatic carbocycles. The average Bonchev–Trinajstić information content (AvgIpc) is 2.79. The molecule has 7 nitrogen and oxygen atoms in total. The summed E-state index contributed by atoms with van der Waals surface area (Å²) in [6.45, 7) is 2.09. The largest absolute Gasteiger partial charge is 0.456 e. The minimum Gasteiger partial charge on any atom is -0.456 e. The maximum Gasteiger partial charge on any atom is 0.251 e. The molecule has 0 spiro atoms. The van der Waals surface area contributed by atoms with Crippen molar-refractivity contribution in [2.75, 3.05) is 6.61 Å². The number of rotatable bonds is 10. The van der Waals surface area contributed by atoms with E-state index in [9.17, 15) is 14.4 Å². The van der Waals surface area contributed by atoms with Crippen LogP contribution in [0.25, 0.3) is 10.9 Å². The van der Waals surface area contributed by atoms with Crippen LogP contribution in [-0.2, 0) is 20.7 Å². The lowest BCUT2D eigenvalue weighted by molar-refractivity contribution is -0.122. The molecular weight excluding hydrogens is 464 g/mol. The molecule has 2 N–H and O–H groups in total. The van der Waals surface area contributed by atoms with Gasteiger partial charge in [-0.25, -0.2) is 0 Å². The fourth-order valence-corrected chi connectivity index (χ4v) is 3.70. The van der Waals surface area contributed by atoms with E-state index in [4.69, 9.17) is 33.3 Å². The number of carbonyl (C=O) groups excluding carboxylic acids is 2. The highest BCUT2D eigenvalue weighted by molar-refractivity contribution is 7.80. The SMILES string of the molecule is CCOC(CC=O)OC(=S)[C@H](Cc1cc(=O)[nH]c2ccccc12)NC(=O)c1ccc(Cl)cc1. The van der Waals surface area contributed by atoms with Crippen LogP contribution in [0.15, 0.2) is 59.4 Å². The lowest BCUT2D eigenvalue weighted by Gasteiger charge is -2.24. The summed E-state index contributed by atoms with van der Waals surface area (Å²) in [4.78, 5) is 38.9. The Morgan fingerprint density at radius 2 is 1.94 bits per heavy atom. The lowest BCUT2D eigenvalue weighted by Crippen LogP contribution is -2.44. The van der Waals surface area contributed by atoms with E-state index in [2.05, 4.69) is 10.3 Å². The van der Waals surface area contributed by atoms with Gasteiger partial charge in [-0.15, -0.1) is 0 Å². The van der Waals surface area contributed by atoms with Crippen LogP contribution in [0.1, 0.15) is 29.3 Å². The Morgan fingerprint density at radius 1 is 1.21 bits per heavy atom. The number of nitrogens with one attached hydrogen (secondary N) is 2. The Hall–Kier alpha value is -3.07. The number of aromatic amines is 1. The van der Waals surface area contributed by atoms with Gasteiger partial charge in [-0.2, -0.15) is 0 Å². The molecule has 3 aromatic rings. The van der Waals surface area contributed by atoms with Crippen molar-refractivity contribution in [1.82, 2.24) is 10.3 Å². The van der Waals surface area contributed by atoms with Crippen molar-refractivity contribution >= 4 is 52.0 Å². The summed E-state index contributed by atoms with van der Waals surface area (Å²) in [6, 6.07) is 14.5. The molecule has 0 aliphatic heterocycles. The second-order valence-corrected chi connectivity index (χ2v) is 8.00. The molecule has 1 unspecified atom stereocenters. The summed E-state index contributed by atoms with van der Waals surface area (Å²) in [5.41, 5.74) is 1.47. The van der Waals surface area contributed by atoms with Gasteiger partial charge in [-0.3, -0.25) is 9.59 Å². The molecule has 0 aliphatic carbocycles. The molecule has 0 radical (unpaired) electrons. The first-order valence-corrected chi connectivity index (χ1v) is 11.1. The fraction of sp³-hybridized carbons (Fsp3) is 0.250. The lowest BCUT2D eigenvalue weighted by atomic mass is 10.0. The molecule has 1 aromatic heterocycles. The van der Waals surface area contributed by atoms with E-state index in [1.807, 2.05) is 18.2 Å². The van der Waals surface area contributed by atoms with Gasteiger partial charge in [0.15, 0.2) is 5.05 Å². The second-order valence-electron chi connectivity index (χ2n) is 7.17. The van der Waals surface area contributed by atoms with Crippen LogP contribution < -0.4 is 10.9 Å². The number of amides is 1. The van der Waals surface area contributed by atoms with E-state index in [1.165, 1.54) is 6.07 Å². The molecule has 2 atom stereocenters. The Kier molecular flexibility index (Phi) is 8.71. The van der Waals surface area contributed by atoms with Gasteiger partial charge in [-0.1, -0.05) is 29.8 Å². The highest BCUT2D eigenvalue weighted by Crippen LogP contribution is 2.18. The van der Waals surface area contributed by atoms with Crippen molar-refractivity contribution in [2.24, 2.45) is 0 Å². The topological polar surface area (TPSA) is 97.5 Å². The molecule has 0 saturated heterocycles. The van der Waals surface area contributed by atoms with Crippen LogP contribution in [0.4, 0.5) is 0 Å². The van der Waals surface area contributed by atoms with E-state index in [0.29, 0.717) is 34.6 Å². The third-order valence-corrected chi connectivity index (χ3v) is 5.48.